The van der Waals surface area contributed by atoms with Gasteiger partial charge in [-0.1, -0.05) is 18.0 Å². The molecular weight excluding hydrogens is 338 g/mol. The van der Waals surface area contributed by atoms with Crippen LogP contribution in [0.4, 0.5) is 11.4 Å². The highest BCUT2D eigenvalue weighted by atomic mass is 35.5. The first-order valence-electron chi connectivity index (χ1n) is 8.34. The van der Waals surface area contributed by atoms with Crippen LogP contribution in [0.3, 0.4) is 0 Å². The van der Waals surface area contributed by atoms with Gasteiger partial charge in [0, 0.05) is 17.3 Å². The zero-order valence-corrected chi connectivity index (χ0v) is 14.6. The van der Waals surface area contributed by atoms with E-state index < -0.39 is 0 Å². The molecule has 2 aromatic carbocycles. The summed E-state index contributed by atoms with van der Waals surface area (Å²) < 4.78 is 0. The second-order valence-electron chi connectivity index (χ2n) is 5.96. The molecule has 130 valence electrons. The van der Waals surface area contributed by atoms with Crippen molar-refractivity contribution < 1.29 is 9.59 Å². The van der Waals surface area contributed by atoms with Gasteiger partial charge < -0.3 is 11.1 Å². The molecule has 5 nitrogen and oxygen atoms in total. The summed E-state index contributed by atoms with van der Waals surface area (Å²) in [5, 5.41) is 3.76. The molecule has 0 fully saturated rings. The van der Waals surface area contributed by atoms with E-state index in [1.807, 2.05) is 12.1 Å². The lowest BCUT2D eigenvalue weighted by Gasteiger charge is -2.15. The Morgan fingerprint density at radius 3 is 2.36 bits per heavy atom. The number of rotatable bonds is 7. The molecule has 1 aliphatic heterocycles. The standard InChI is InChI=1S/C19H20ClN3O2/c20-13-4-9-16-17(12-13)19(25)23(18(16)24)15-7-5-14(6-8-15)22-11-3-1-2-10-21/h4-9,12,22H,1-3,10-11,21H2. The number of unbranched alkanes of at least 4 members (excludes halogenated alkanes) is 2. The molecule has 0 saturated carbocycles. The average molecular weight is 358 g/mol. The Bertz CT molecular complexity index is 790. The zero-order chi connectivity index (χ0) is 17.8. The number of hydrogen-bond acceptors (Lipinski definition) is 4. The summed E-state index contributed by atoms with van der Waals surface area (Å²) >= 11 is 5.93. The molecule has 0 unspecified atom stereocenters. The molecule has 3 rings (SSSR count). The minimum absolute atomic E-state index is 0.320. The number of nitrogens with one attached hydrogen (secondary N) is 1. The molecule has 3 N–H and O–H groups in total. The van der Waals surface area contributed by atoms with Crippen molar-refractivity contribution in [1.82, 2.24) is 0 Å². The molecule has 25 heavy (non-hydrogen) atoms. The predicted octanol–water partition coefficient (Wildman–Crippen LogP) is 3.68. The van der Waals surface area contributed by atoms with E-state index in [2.05, 4.69) is 5.32 Å². The molecule has 0 aromatic heterocycles. The van der Waals surface area contributed by atoms with Crippen molar-refractivity contribution in [2.24, 2.45) is 5.73 Å². The van der Waals surface area contributed by atoms with Gasteiger partial charge in [0.05, 0.1) is 16.8 Å². The van der Waals surface area contributed by atoms with Gasteiger partial charge >= 0.3 is 0 Å². The van der Waals surface area contributed by atoms with Crippen molar-refractivity contribution in [3.05, 3.63) is 58.6 Å². The highest BCUT2D eigenvalue weighted by Gasteiger charge is 2.36. The van der Waals surface area contributed by atoms with E-state index >= 15 is 0 Å². The number of carbonyl (C=O) groups is 2. The lowest BCUT2D eigenvalue weighted by molar-refractivity contribution is 0.0926. The van der Waals surface area contributed by atoms with Crippen LogP contribution in [0.15, 0.2) is 42.5 Å². The van der Waals surface area contributed by atoms with Crippen LogP contribution >= 0.6 is 11.6 Å². The lowest BCUT2D eigenvalue weighted by Crippen LogP contribution is -2.29. The number of carbonyl (C=O) groups excluding carboxylic acids is 2. The normalized spacial score (nSPS) is 13.3. The fourth-order valence-corrected chi connectivity index (χ4v) is 3.03. The molecule has 1 heterocycles. The van der Waals surface area contributed by atoms with Gasteiger partial charge in [0.25, 0.3) is 11.8 Å². The molecule has 0 atom stereocenters. The van der Waals surface area contributed by atoms with Gasteiger partial charge in [-0.2, -0.15) is 0 Å². The Morgan fingerprint density at radius 1 is 0.920 bits per heavy atom. The van der Waals surface area contributed by atoms with Crippen molar-refractivity contribution >= 4 is 34.8 Å². The Labute approximate surface area is 151 Å². The Morgan fingerprint density at radius 2 is 1.64 bits per heavy atom. The van der Waals surface area contributed by atoms with E-state index in [-0.39, 0.29) is 11.8 Å². The van der Waals surface area contributed by atoms with E-state index in [1.165, 1.54) is 11.0 Å². The van der Waals surface area contributed by atoms with Gasteiger partial charge in [-0.3, -0.25) is 9.59 Å². The van der Waals surface area contributed by atoms with Crippen molar-refractivity contribution in [2.45, 2.75) is 19.3 Å². The quantitative estimate of drug-likeness (QED) is 0.585. The topological polar surface area (TPSA) is 75.4 Å². The van der Waals surface area contributed by atoms with Crippen LogP contribution in [0, 0.1) is 0 Å². The van der Waals surface area contributed by atoms with Gasteiger partial charge in [-0.05, 0) is 61.9 Å². The molecule has 0 radical (unpaired) electrons. The van der Waals surface area contributed by atoms with Crippen molar-refractivity contribution in [3.63, 3.8) is 0 Å². The fraction of sp³-hybridized carbons (Fsp3) is 0.263. The minimum Gasteiger partial charge on any atom is -0.385 e. The SMILES string of the molecule is NCCCCCNc1ccc(N2C(=O)c3ccc(Cl)cc3C2=O)cc1. The average Bonchev–Trinajstić information content (AvgIpc) is 2.86. The first-order chi connectivity index (χ1) is 12.1. The summed E-state index contributed by atoms with van der Waals surface area (Å²) in [4.78, 5) is 26.2. The van der Waals surface area contributed by atoms with E-state index in [4.69, 9.17) is 17.3 Å². The largest absolute Gasteiger partial charge is 0.385 e. The Balaban J connectivity index is 1.69. The second-order valence-corrected chi connectivity index (χ2v) is 6.40. The number of nitrogens with two attached hydrogens (primary N) is 1. The van der Waals surface area contributed by atoms with Crippen molar-refractivity contribution in [3.8, 4) is 0 Å². The fourth-order valence-electron chi connectivity index (χ4n) is 2.85. The van der Waals surface area contributed by atoms with Gasteiger partial charge in [-0.15, -0.1) is 0 Å². The number of halogens is 1. The molecule has 0 bridgehead atoms. The Kier molecular flexibility index (Phi) is 5.36. The van der Waals surface area contributed by atoms with Crippen LogP contribution in [0.5, 0.6) is 0 Å². The third-order valence-corrected chi connectivity index (χ3v) is 4.42. The molecule has 0 saturated heterocycles. The molecular formula is C19H20ClN3O2. The first kappa shape index (κ1) is 17.5. The summed E-state index contributed by atoms with van der Waals surface area (Å²) in [7, 11) is 0. The highest BCUT2D eigenvalue weighted by molar-refractivity contribution is 6.36. The first-order valence-corrected chi connectivity index (χ1v) is 8.72. The number of anilines is 2. The summed E-state index contributed by atoms with van der Waals surface area (Å²) in [5.41, 5.74) is 7.71. The van der Waals surface area contributed by atoms with Crippen LogP contribution in [0.2, 0.25) is 5.02 Å². The molecule has 1 aliphatic rings. The van der Waals surface area contributed by atoms with E-state index in [0.717, 1.165) is 38.0 Å². The van der Waals surface area contributed by atoms with Gasteiger partial charge in [0.2, 0.25) is 0 Å². The van der Waals surface area contributed by atoms with Gasteiger partial charge in [0.15, 0.2) is 0 Å². The van der Waals surface area contributed by atoms with Crippen LogP contribution in [0.1, 0.15) is 40.0 Å². The summed E-state index contributed by atoms with van der Waals surface area (Å²) in [6.07, 6.45) is 3.18. The molecule has 2 aromatic rings. The maximum atomic E-state index is 12.5. The molecule has 0 aliphatic carbocycles. The van der Waals surface area contributed by atoms with Crippen LogP contribution in [-0.4, -0.2) is 24.9 Å². The smallest absolute Gasteiger partial charge is 0.266 e. The molecule has 0 spiro atoms. The lowest BCUT2D eigenvalue weighted by atomic mass is 10.1. The van der Waals surface area contributed by atoms with Crippen LogP contribution in [0.25, 0.3) is 0 Å². The third kappa shape index (κ3) is 3.67. The highest BCUT2D eigenvalue weighted by Crippen LogP contribution is 2.30. The molecule has 2 amide bonds. The number of fused-ring (bicyclic) bond motifs is 1. The summed E-state index contributed by atoms with van der Waals surface area (Å²) in [6.45, 7) is 1.59. The second kappa shape index (κ2) is 7.68. The minimum atomic E-state index is -0.343. The molecule has 6 heteroatoms. The van der Waals surface area contributed by atoms with E-state index in [9.17, 15) is 9.59 Å². The van der Waals surface area contributed by atoms with E-state index in [1.54, 1.807) is 24.3 Å². The Hall–Kier alpha value is -2.37. The van der Waals surface area contributed by atoms with E-state index in [0.29, 0.717) is 21.8 Å². The van der Waals surface area contributed by atoms with Crippen LogP contribution < -0.4 is 16.0 Å². The number of imide groups is 1. The maximum absolute atomic E-state index is 12.5. The third-order valence-electron chi connectivity index (χ3n) is 4.18. The van der Waals surface area contributed by atoms with Crippen molar-refractivity contribution in [1.29, 1.82) is 0 Å². The van der Waals surface area contributed by atoms with Crippen LogP contribution in [-0.2, 0) is 0 Å². The van der Waals surface area contributed by atoms with Crippen molar-refractivity contribution in [2.75, 3.05) is 23.3 Å². The number of nitrogens with zero attached hydrogens (tertiary/aromatic N) is 1. The maximum Gasteiger partial charge on any atom is 0.266 e. The number of hydrogen-bond donors (Lipinski definition) is 2. The summed E-state index contributed by atoms with van der Waals surface area (Å²) in [6, 6.07) is 12.0. The van der Waals surface area contributed by atoms with Gasteiger partial charge in [-0.25, -0.2) is 4.90 Å². The zero-order valence-electron chi connectivity index (χ0n) is 13.8. The number of amides is 2. The van der Waals surface area contributed by atoms with Gasteiger partial charge in [0.1, 0.15) is 0 Å². The summed E-state index contributed by atoms with van der Waals surface area (Å²) in [5.74, 6) is -0.663. The monoisotopic (exact) mass is 357 g/mol. The number of benzene rings is 2. The predicted molar refractivity (Wildman–Crippen MR) is 100 cm³/mol.